The Kier molecular flexibility index (Phi) is 7.17. The number of amides is 1. The summed E-state index contributed by atoms with van der Waals surface area (Å²) in [6.07, 6.45) is 4.36. The number of benzene rings is 2. The van der Waals surface area contributed by atoms with Crippen molar-refractivity contribution in [2.24, 2.45) is 5.92 Å². The third kappa shape index (κ3) is 6.04. The molecule has 0 aliphatic heterocycles. The van der Waals surface area contributed by atoms with Crippen LogP contribution in [0.25, 0.3) is 0 Å². The van der Waals surface area contributed by atoms with E-state index < -0.39 is 0 Å². The molecule has 0 saturated heterocycles. The minimum atomic E-state index is -0.299. The van der Waals surface area contributed by atoms with Crippen molar-refractivity contribution < 1.29 is 14.3 Å². The van der Waals surface area contributed by atoms with E-state index in [2.05, 4.69) is 5.32 Å². The zero-order valence-electron chi connectivity index (χ0n) is 15.6. The van der Waals surface area contributed by atoms with Gasteiger partial charge in [-0.25, -0.2) is 0 Å². The molecule has 27 heavy (non-hydrogen) atoms. The van der Waals surface area contributed by atoms with Crippen LogP contribution in [0.2, 0.25) is 0 Å². The fourth-order valence-electron chi connectivity index (χ4n) is 3.56. The second-order valence-electron chi connectivity index (χ2n) is 7.17. The number of rotatable bonds is 9. The van der Waals surface area contributed by atoms with Gasteiger partial charge in [-0.3, -0.25) is 9.59 Å². The van der Waals surface area contributed by atoms with Crippen LogP contribution in [-0.4, -0.2) is 18.3 Å². The summed E-state index contributed by atoms with van der Waals surface area (Å²) in [5, 5.41) is 3.10. The fourth-order valence-corrected chi connectivity index (χ4v) is 3.56. The summed E-state index contributed by atoms with van der Waals surface area (Å²) in [5.74, 6) is 0.145. The molecule has 1 atom stereocenters. The van der Waals surface area contributed by atoms with Gasteiger partial charge >= 0.3 is 0 Å². The highest BCUT2D eigenvalue weighted by molar-refractivity contribution is 5.83. The molecule has 4 nitrogen and oxygen atoms in total. The first kappa shape index (κ1) is 19.3. The molecule has 0 spiro atoms. The molecule has 0 aromatic heterocycles. The SMILES string of the molecule is O=C(COCc1ccccc1)C[C@H](NC(=O)C1CCCC1)c1ccccc1. The molecule has 0 bridgehead atoms. The van der Waals surface area contributed by atoms with E-state index in [1.54, 1.807) is 0 Å². The topological polar surface area (TPSA) is 55.4 Å². The Balaban J connectivity index is 1.55. The third-order valence-corrected chi connectivity index (χ3v) is 5.05. The van der Waals surface area contributed by atoms with Gasteiger partial charge in [0.25, 0.3) is 0 Å². The first-order chi connectivity index (χ1) is 13.2. The predicted molar refractivity (Wildman–Crippen MR) is 105 cm³/mol. The van der Waals surface area contributed by atoms with Gasteiger partial charge in [0.2, 0.25) is 5.91 Å². The molecule has 0 unspecified atom stereocenters. The van der Waals surface area contributed by atoms with Crippen molar-refractivity contribution >= 4 is 11.7 Å². The Morgan fingerprint density at radius 2 is 1.59 bits per heavy atom. The molecule has 1 amide bonds. The Bertz CT molecular complexity index is 724. The maximum atomic E-state index is 12.6. The smallest absolute Gasteiger partial charge is 0.223 e. The summed E-state index contributed by atoms with van der Waals surface area (Å²) in [6.45, 7) is 0.467. The molecule has 1 fully saturated rings. The van der Waals surface area contributed by atoms with Crippen LogP contribution in [0, 0.1) is 5.92 Å². The van der Waals surface area contributed by atoms with E-state index in [0.29, 0.717) is 6.61 Å². The van der Waals surface area contributed by atoms with Crippen LogP contribution in [0.3, 0.4) is 0 Å². The van der Waals surface area contributed by atoms with Gasteiger partial charge < -0.3 is 10.1 Å². The largest absolute Gasteiger partial charge is 0.369 e. The second-order valence-corrected chi connectivity index (χ2v) is 7.17. The summed E-state index contributed by atoms with van der Waals surface area (Å²) < 4.78 is 5.56. The lowest BCUT2D eigenvalue weighted by Gasteiger charge is -2.21. The molecule has 3 rings (SSSR count). The van der Waals surface area contributed by atoms with Crippen molar-refractivity contribution in [3.8, 4) is 0 Å². The summed E-state index contributed by atoms with van der Waals surface area (Å²) in [5.41, 5.74) is 2.00. The van der Waals surface area contributed by atoms with Gasteiger partial charge in [-0.2, -0.15) is 0 Å². The molecule has 142 valence electrons. The maximum Gasteiger partial charge on any atom is 0.223 e. The molecule has 1 N–H and O–H groups in total. The fraction of sp³-hybridized carbons (Fsp3) is 0.391. The van der Waals surface area contributed by atoms with Gasteiger partial charge in [0.1, 0.15) is 6.61 Å². The number of carbonyl (C=O) groups is 2. The number of ketones is 1. The Morgan fingerprint density at radius 3 is 2.26 bits per heavy atom. The number of hydrogen-bond acceptors (Lipinski definition) is 3. The monoisotopic (exact) mass is 365 g/mol. The predicted octanol–water partition coefficient (Wildman–Crippen LogP) is 4.21. The average Bonchev–Trinajstić information content (AvgIpc) is 3.24. The van der Waals surface area contributed by atoms with Crippen LogP contribution >= 0.6 is 0 Å². The van der Waals surface area contributed by atoms with E-state index in [1.165, 1.54) is 0 Å². The van der Waals surface area contributed by atoms with Crippen LogP contribution in [0.4, 0.5) is 0 Å². The molecule has 1 aliphatic carbocycles. The lowest BCUT2D eigenvalue weighted by Crippen LogP contribution is -2.34. The van der Waals surface area contributed by atoms with Gasteiger partial charge in [-0.1, -0.05) is 73.5 Å². The van der Waals surface area contributed by atoms with Crippen molar-refractivity contribution in [3.05, 3.63) is 71.8 Å². The quantitative estimate of drug-likeness (QED) is 0.724. The van der Waals surface area contributed by atoms with Gasteiger partial charge in [0, 0.05) is 12.3 Å². The first-order valence-electron chi connectivity index (χ1n) is 9.71. The zero-order chi connectivity index (χ0) is 18.9. The van der Waals surface area contributed by atoms with Crippen LogP contribution in [0.15, 0.2) is 60.7 Å². The van der Waals surface area contributed by atoms with E-state index in [9.17, 15) is 9.59 Å². The summed E-state index contributed by atoms with van der Waals surface area (Å²) in [4.78, 5) is 25.0. The van der Waals surface area contributed by atoms with E-state index in [4.69, 9.17) is 4.74 Å². The van der Waals surface area contributed by atoms with Crippen LogP contribution in [0.5, 0.6) is 0 Å². The molecular weight excluding hydrogens is 338 g/mol. The summed E-state index contributed by atoms with van der Waals surface area (Å²) in [6, 6.07) is 19.2. The van der Waals surface area contributed by atoms with E-state index in [-0.39, 0.29) is 36.7 Å². The third-order valence-electron chi connectivity index (χ3n) is 5.05. The highest BCUT2D eigenvalue weighted by Gasteiger charge is 2.26. The van der Waals surface area contributed by atoms with Crippen molar-refractivity contribution in [1.29, 1.82) is 0 Å². The van der Waals surface area contributed by atoms with Gasteiger partial charge in [-0.15, -0.1) is 0 Å². The number of nitrogens with one attached hydrogen (secondary N) is 1. The van der Waals surface area contributed by atoms with E-state index in [0.717, 1.165) is 36.8 Å². The highest BCUT2D eigenvalue weighted by atomic mass is 16.5. The second kappa shape index (κ2) is 10.0. The lowest BCUT2D eigenvalue weighted by molar-refractivity contribution is -0.127. The maximum absolute atomic E-state index is 12.6. The van der Waals surface area contributed by atoms with Crippen LogP contribution in [0.1, 0.15) is 49.3 Å². The number of carbonyl (C=O) groups excluding carboxylic acids is 2. The molecule has 2 aromatic carbocycles. The lowest BCUT2D eigenvalue weighted by atomic mass is 9.99. The van der Waals surface area contributed by atoms with Crippen molar-refractivity contribution in [2.75, 3.05) is 6.61 Å². The van der Waals surface area contributed by atoms with Gasteiger partial charge in [0.05, 0.1) is 12.6 Å². The minimum absolute atomic E-state index is 0.00786. The average molecular weight is 365 g/mol. The highest BCUT2D eigenvalue weighted by Crippen LogP contribution is 2.26. The number of Topliss-reactive ketones (excluding diaryl/α,β-unsaturated/α-hetero) is 1. The molecule has 0 heterocycles. The number of ether oxygens (including phenoxy) is 1. The Labute approximate surface area is 160 Å². The molecule has 1 aliphatic rings. The van der Waals surface area contributed by atoms with Crippen LogP contribution in [-0.2, 0) is 20.9 Å². The summed E-state index contributed by atoms with van der Waals surface area (Å²) in [7, 11) is 0. The van der Waals surface area contributed by atoms with Crippen molar-refractivity contribution in [2.45, 2.75) is 44.8 Å². The van der Waals surface area contributed by atoms with E-state index >= 15 is 0 Å². The standard InChI is InChI=1S/C23H27NO3/c25-21(17-27-16-18-9-3-1-4-10-18)15-22(19-11-5-2-6-12-19)24-23(26)20-13-7-8-14-20/h1-6,9-12,20,22H,7-8,13-17H2,(H,24,26)/t22-/m0/s1. The molecule has 4 heteroatoms. The normalized spacial score (nSPS) is 15.4. The molecule has 0 radical (unpaired) electrons. The summed E-state index contributed by atoms with van der Waals surface area (Å²) >= 11 is 0. The molecular formula is C23H27NO3. The Hall–Kier alpha value is -2.46. The number of hydrogen-bond donors (Lipinski definition) is 1. The molecule has 1 saturated carbocycles. The van der Waals surface area contributed by atoms with Crippen molar-refractivity contribution in [3.63, 3.8) is 0 Å². The van der Waals surface area contributed by atoms with Gasteiger partial charge in [-0.05, 0) is 24.0 Å². The van der Waals surface area contributed by atoms with Gasteiger partial charge in [0.15, 0.2) is 5.78 Å². The van der Waals surface area contributed by atoms with Crippen LogP contribution < -0.4 is 5.32 Å². The first-order valence-corrected chi connectivity index (χ1v) is 9.71. The zero-order valence-corrected chi connectivity index (χ0v) is 15.6. The van der Waals surface area contributed by atoms with Crippen molar-refractivity contribution in [1.82, 2.24) is 5.32 Å². The van der Waals surface area contributed by atoms with E-state index in [1.807, 2.05) is 60.7 Å². The Morgan fingerprint density at radius 1 is 0.963 bits per heavy atom. The molecule has 2 aromatic rings. The minimum Gasteiger partial charge on any atom is -0.369 e.